The highest BCUT2D eigenvalue weighted by atomic mass is 35.5. The molecule has 0 fully saturated rings. The second-order valence-corrected chi connectivity index (χ2v) is 5.44. The number of hydrogen-bond acceptors (Lipinski definition) is 6. The number of hydrogen-bond donors (Lipinski definition) is 3. The minimum Gasteiger partial charge on any atom is -0.383 e. The molecule has 1 aromatic carbocycles. The number of ether oxygens (including phenoxy) is 1. The Labute approximate surface area is 145 Å². The van der Waals surface area contributed by atoms with Crippen LogP contribution in [-0.4, -0.2) is 43.2 Å². The zero-order chi connectivity index (χ0) is 17.5. The van der Waals surface area contributed by atoms with Crippen LogP contribution in [0.5, 0.6) is 0 Å². The van der Waals surface area contributed by atoms with Crippen LogP contribution in [0.25, 0.3) is 0 Å². The van der Waals surface area contributed by atoms with E-state index in [1.165, 1.54) is 0 Å². The zero-order valence-corrected chi connectivity index (χ0v) is 14.6. The summed E-state index contributed by atoms with van der Waals surface area (Å²) in [6.45, 7) is 2.73. The first-order chi connectivity index (χ1) is 11.5. The molecule has 0 saturated heterocycles. The van der Waals surface area contributed by atoms with Crippen LogP contribution in [0, 0.1) is 6.92 Å². The fourth-order valence-corrected chi connectivity index (χ4v) is 2.22. The third kappa shape index (κ3) is 4.81. The summed E-state index contributed by atoms with van der Waals surface area (Å²) < 4.78 is 4.91. The van der Waals surface area contributed by atoms with Gasteiger partial charge in [-0.1, -0.05) is 11.6 Å². The SMILES string of the molecule is CNc1cc(C)nc(Nc2ccc(Cl)c(C(=O)NCCOC)c2)n1. The highest BCUT2D eigenvalue weighted by Crippen LogP contribution is 2.23. The van der Waals surface area contributed by atoms with Crippen molar-refractivity contribution in [2.45, 2.75) is 6.92 Å². The van der Waals surface area contributed by atoms with Gasteiger partial charge in [0.1, 0.15) is 5.82 Å². The standard InChI is InChI=1S/C16H20ClN5O2/c1-10-8-14(18-2)22-16(20-10)21-11-4-5-13(17)12(9-11)15(23)19-6-7-24-3/h4-5,8-9H,6-7H2,1-3H3,(H,19,23)(H2,18,20,21,22). The monoisotopic (exact) mass is 349 g/mol. The molecule has 0 aliphatic carbocycles. The van der Waals surface area contributed by atoms with Gasteiger partial charge in [0, 0.05) is 38.1 Å². The van der Waals surface area contributed by atoms with Crippen LogP contribution in [0.2, 0.25) is 5.02 Å². The fraction of sp³-hybridized carbons (Fsp3) is 0.312. The summed E-state index contributed by atoms with van der Waals surface area (Å²) >= 11 is 6.12. The van der Waals surface area contributed by atoms with Crippen molar-refractivity contribution < 1.29 is 9.53 Å². The second-order valence-electron chi connectivity index (χ2n) is 5.04. The Bertz CT molecular complexity index is 724. The van der Waals surface area contributed by atoms with Crippen molar-refractivity contribution in [3.8, 4) is 0 Å². The van der Waals surface area contributed by atoms with Crippen LogP contribution in [0.4, 0.5) is 17.5 Å². The van der Waals surface area contributed by atoms with E-state index in [4.69, 9.17) is 16.3 Å². The minimum atomic E-state index is -0.262. The number of carbonyl (C=O) groups is 1. The number of nitrogens with one attached hydrogen (secondary N) is 3. The van der Waals surface area contributed by atoms with E-state index in [0.29, 0.717) is 41.2 Å². The van der Waals surface area contributed by atoms with Crippen molar-refractivity contribution >= 4 is 35.0 Å². The zero-order valence-electron chi connectivity index (χ0n) is 13.8. The maximum Gasteiger partial charge on any atom is 0.252 e. The molecule has 1 amide bonds. The molecule has 0 saturated carbocycles. The second kappa shape index (κ2) is 8.47. The number of anilines is 3. The molecule has 0 bridgehead atoms. The number of aromatic nitrogens is 2. The molecule has 0 atom stereocenters. The van der Waals surface area contributed by atoms with E-state index in [1.54, 1.807) is 32.4 Å². The Balaban J connectivity index is 2.18. The van der Waals surface area contributed by atoms with Gasteiger partial charge in [0.05, 0.1) is 17.2 Å². The summed E-state index contributed by atoms with van der Waals surface area (Å²) in [7, 11) is 3.36. The number of halogens is 1. The van der Waals surface area contributed by atoms with Gasteiger partial charge in [-0.25, -0.2) is 4.98 Å². The average molecular weight is 350 g/mol. The van der Waals surface area contributed by atoms with Gasteiger partial charge in [-0.3, -0.25) is 4.79 Å². The van der Waals surface area contributed by atoms with Crippen molar-refractivity contribution in [1.29, 1.82) is 0 Å². The molecule has 0 spiro atoms. The summed E-state index contributed by atoms with van der Waals surface area (Å²) in [6.07, 6.45) is 0. The van der Waals surface area contributed by atoms with E-state index in [2.05, 4.69) is 25.9 Å². The molecular formula is C16H20ClN5O2. The van der Waals surface area contributed by atoms with Crippen molar-refractivity contribution in [2.24, 2.45) is 0 Å². The lowest BCUT2D eigenvalue weighted by Gasteiger charge is -2.11. The molecule has 3 N–H and O–H groups in total. The first-order valence-electron chi connectivity index (χ1n) is 7.40. The van der Waals surface area contributed by atoms with Crippen LogP contribution in [0.1, 0.15) is 16.1 Å². The number of nitrogens with zero attached hydrogens (tertiary/aromatic N) is 2. The van der Waals surface area contributed by atoms with Gasteiger partial charge in [0.25, 0.3) is 5.91 Å². The largest absolute Gasteiger partial charge is 0.383 e. The number of methoxy groups -OCH3 is 1. The first kappa shape index (κ1) is 18.0. The highest BCUT2D eigenvalue weighted by Gasteiger charge is 2.11. The Morgan fingerprint density at radius 1 is 1.29 bits per heavy atom. The first-order valence-corrected chi connectivity index (χ1v) is 7.78. The molecule has 7 nitrogen and oxygen atoms in total. The maximum atomic E-state index is 12.2. The molecule has 1 heterocycles. The van der Waals surface area contributed by atoms with Crippen molar-refractivity contribution in [2.75, 3.05) is 37.9 Å². The van der Waals surface area contributed by atoms with Gasteiger partial charge in [-0.2, -0.15) is 4.98 Å². The Morgan fingerprint density at radius 3 is 2.79 bits per heavy atom. The molecule has 8 heteroatoms. The lowest BCUT2D eigenvalue weighted by Crippen LogP contribution is -2.27. The van der Waals surface area contributed by atoms with Gasteiger partial charge >= 0.3 is 0 Å². The van der Waals surface area contributed by atoms with Gasteiger partial charge in [0.2, 0.25) is 5.95 Å². The topological polar surface area (TPSA) is 88.2 Å². The predicted octanol–water partition coefficient (Wildman–Crippen LogP) is 2.60. The van der Waals surface area contributed by atoms with Gasteiger partial charge < -0.3 is 20.7 Å². The molecule has 2 aromatic rings. The van der Waals surface area contributed by atoms with Gasteiger partial charge in [0.15, 0.2) is 0 Å². The van der Waals surface area contributed by atoms with E-state index < -0.39 is 0 Å². The van der Waals surface area contributed by atoms with E-state index in [-0.39, 0.29) is 5.91 Å². The number of benzene rings is 1. The van der Waals surface area contributed by atoms with E-state index in [9.17, 15) is 4.79 Å². The molecule has 128 valence electrons. The summed E-state index contributed by atoms with van der Waals surface area (Å²) in [5.74, 6) is 0.880. The van der Waals surface area contributed by atoms with Crippen LogP contribution in [0.15, 0.2) is 24.3 Å². The smallest absolute Gasteiger partial charge is 0.252 e. The average Bonchev–Trinajstić information content (AvgIpc) is 2.56. The third-order valence-electron chi connectivity index (χ3n) is 3.17. The normalized spacial score (nSPS) is 10.3. The fourth-order valence-electron chi connectivity index (χ4n) is 2.02. The highest BCUT2D eigenvalue weighted by molar-refractivity contribution is 6.34. The summed E-state index contributed by atoms with van der Waals surface area (Å²) in [4.78, 5) is 20.8. The Hall–Kier alpha value is -2.38. The number of amides is 1. The Kier molecular flexibility index (Phi) is 6.34. The molecule has 1 aromatic heterocycles. The molecular weight excluding hydrogens is 330 g/mol. The number of rotatable bonds is 7. The minimum absolute atomic E-state index is 0.262. The maximum absolute atomic E-state index is 12.2. The van der Waals surface area contributed by atoms with Crippen LogP contribution >= 0.6 is 11.6 Å². The molecule has 0 radical (unpaired) electrons. The molecule has 24 heavy (non-hydrogen) atoms. The summed E-state index contributed by atoms with van der Waals surface area (Å²) in [6, 6.07) is 6.92. The predicted molar refractivity (Wildman–Crippen MR) is 95.3 cm³/mol. The van der Waals surface area contributed by atoms with E-state index >= 15 is 0 Å². The third-order valence-corrected chi connectivity index (χ3v) is 3.50. The van der Waals surface area contributed by atoms with Crippen molar-refractivity contribution in [1.82, 2.24) is 15.3 Å². The lowest BCUT2D eigenvalue weighted by molar-refractivity contribution is 0.0937. The lowest BCUT2D eigenvalue weighted by atomic mass is 10.2. The van der Waals surface area contributed by atoms with Crippen LogP contribution in [0.3, 0.4) is 0 Å². The van der Waals surface area contributed by atoms with Crippen LogP contribution in [-0.2, 0) is 4.74 Å². The summed E-state index contributed by atoms with van der Waals surface area (Å²) in [5, 5.41) is 9.17. The number of carbonyl (C=O) groups excluding carboxylic acids is 1. The summed E-state index contributed by atoms with van der Waals surface area (Å²) in [5.41, 5.74) is 1.87. The van der Waals surface area contributed by atoms with Gasteiger partial charge in [-0.05, 0) is 25.1 Å². The van der Waals surface area contributed by atoms with Crippen LogP contribution < -0.4 is 16.0 Å². The molecule has 0 unspecified atom stereocenters. The quantitative estimate of drug-likeness (QED) is 0.666. The molecule has 0 aliphatic rings. The van der Waals surface area contributed by atoms with E-state index in [0.717, 1.165) is 5.69 Å². The Morgan fingerprint density at radius 2 is 2.08 bits per heavy atom. The molecule has 2 rings (SSSR count). The van der Waals surface area contributed by atoms with Gasteiger partial charge in [-0.15, -0.1) is 0 Å². The molecule has 0 aliphatic heterocycles. The number of aryl methyl sites for hydroxylation is 1. The van der Waals surface area contributed by atoms with Crippen molar-refractivity contribution in [3.05, 3.63) is 40.5 Å². The van der Waals surface area contributed by atoms with E-state index in [1.807, 2.05) is 13.0 Å². The van der Waals surface area contributed by atoms with Crippen molar-refractivity contribution in [3.63, 3.8) is 0 Å².